The quantitative estimate of drug-likeness (QED) is 0.656. The molecular weight excluding hydrogens is 318 g/mol. The first-order valence-corrected chi connectivity index (χ1v) is 8.33. The van der Waals surface area contributed by atoms with Crippen molar-refractivity contribution in [3.05, 3.63) is 18.4 Å². The molecule has 0 bridgehead atoms. The van der Waals surface area contributed by atoms with Crippen LogP contribution in [0, 0.1) is 0 Å². The summed E-state index contributed by atoms with van der Waals surface area (Å²) in [6, 6.07) is 3.50. The first-order chi connectivity index (χ1) is 11.0. The number of amides is 1. The van der Waals surface area contributed by atoms with E-state index < -0.39 is 0 Å². The minimum absolute atomic E-state index is 0.0412. The number of morpholine rings is 1. The van der Waals surface area contributed by atoms with Crippen molar-refractivity contribution in [1.82, 2.24) is 19.8 Å². The Morgan fingerprint density at radius 3 is 2.78 bits per heavy atom. The van der Waals surface area contributed by atoms with E-state index >= 15 is 0 Å². The summed E-state index contributed by atoms with van der Waals surface area (Å²) in [7, 11) is 0. The fourth-order valence-corrected chi connectivity index (χ4v) is 3.31. The van der Waals surface area contributed by atoms with Gasteiger partial charge in [0, 0.05) is 13.1 Å². The number of furan rings is 1. The molecule has 9 heteroatoms. The summed E-state index contributed by atoms with van der Waals surface area (Å²) in [5.41, 5.74) is 0. The average molecular weight is 337 g/mol. The zero-order valence-corrected chi connectivity index (χ0v) is 13.8. The van der Waals surface area contributed by atoms with Gasteiger partial charge in [-0.3, -0.25) is 4.79 Å². The van der Waals surface area contributed by atoms with E-state index in [1.165, 1.54) is 16.4 Å². The number of thioether (sulfide) groups is 1. The molecule has 2 atom stereocenters. The van der Waals surface area contributed by atoms with E-state index in [-0.39, 0.29) is 23.9 Å². The van der Waals surface area contributed by atoms with Crippen LogP contribution in [0.5, 0.6) is 0 Å². The lowest BCUT2D eigenvalue weighted by Crippen LogP contribution is -2.48. The Labute approximate surface area is 137 Å². The third kappa shape index (κ3) is 3.50. The lowest BCUT2D eigenvalue weighted by atomic mass is 10.2. The predicted molar refractivity (Wildman–Crippen MR) is 85.2 cm³/mol. The van der Waals surface area contributed by atoms with Crippen molar-refractivity contribution >= 4 is 17.7 Å². The molecule has 0 saturated carbocycles. The van der Waals surface area contributed by atoms with E-state index in [2.05, 4.69) is 10.2 Å². The molecule has 1 amide bonds. The summed E-state index contributed by atoms with van der Waals surface area (Å²) in [6.45, 7) is 5.15. The first-order valence-electron chi connectivity index (χ1n) is 7.35. The highest BCUT2D eigenvalue weighted by molar-refractivity contribution is 7.99. The second-order valence-electron chi connectivity index (χ2n) is 5.50. The van der Waals surface area contributed by atoms with Gasteiger partial charge in [0.15, 0.2) is 5.76 Å². The Bertz CT molecular complexity index is 662. The number of nitrogens with zero attached hydrogens (tertiary/aromatic N) is 4. The van der Waals surface area contributed by atoms with E-state index in [4.69, 9.17) is 15.0 Å². The van der Waals surface area contributed by atoms with Crippen LogP contribution in [0.3, 0.4) is 0 Å². The third-order valence-electron chi connectivity index (χ3n) is 3.50. The molecule has 3 rings (SSSR count). The van der Waals surface area contributed by atoms with Gasteiger partial charge in [0.05, 0.1) is 24.2 Å². The molecule has 0 unspecified atom stereocenters. The number of rotatable bonds is 4. The van der Waals surface area contributed by atoms with E-state index in [0.29, 0.717) is 29.8 Å². The van der Waals surface area contributed by atoms with Crippen molar-refractivity contribution in [2.24, 2.45) is 0 Å². The minimum Gasteiger partial charge on any atom is -0.461 e. The SMILES string of the molecule is C[C@@H]1CN(C(=O)CSc2nnc(-c3ccco3)n2N)C[C@@H](C)O1. The van der Waals surface area contributed by atoms with Gasteiger partial charge in [0.25, 0.3) is 0 Å². The monoisotopic (exact) mass is 337 g/mol. The van der Waals surface area contributed by atoms with Gasteiger partial charge in [-0.25, -0.2) is 4.68 Å². The van der Waals surface area contributed by atoms with Crippen LogP contribution in [-0.2, 0) is 9.53 Å². The molecular formula is C14H19N5O3S. The van der Waals surface area contributed by atoms with E-state index in [1.54, 1.807) is 18.4 Å². The fraction of sp³-hybridized carbons (Fsp3) is 0.500. The van der Waals surface area contributed by atoms with E-state index in [1.807, 2.05) is 18.7 Å². The Balaban J connectivity index is 1.61. The van der Waals surface area contributed by atoms with Crippen LogP contribution in [0.4, 0.5) is 0 Å². The van der Waals surface area contributed by atoms with Crippen LogP contribution in [0.2, 0.25) is 0 Å². The van der Waals surface area contributed by atoms with Crippen LogP contribution < -0.4 is 5.84 Å². The number of nitrogens with two attached hydrogens (primary N) is 1. The fourth-order valence-electron chi connectivity index (χ4n) is 2.55. The molecule has 0 aromatic carbocycles. The van der Waals surface area contributed by atoms with Crippen molar-refractivity contribution in [2.45, 2.75) is 31.2 Å². The molecule has 0 radical (unpaired) electrons. The smallest absolute Gasteiger partial charge is 0.233 e. The standard InChI is InChI=1S/C14H19N5O3S/c1-9-6-18(7-10(2)22-9)12(20)8-23-14-17-16-13(19(14)15)11-4-3-5-21-11/h3-5,9-10H,6-8,15H2,1-2H3/t9-,10-/m1/s1. The Hall–Kier alpha value is -2.00. The van der Waals surface area contributed by atoms with Gasteiger partial charge >= 0.3 is 0 Å². The number of aromatic nitrogens is 3. The van der Waals surface area contributed by atoms with Crippen LogP contribution >= 0.6 is 11.8 Å². The normalized spacial score (nSPS) is 21.6. The van der Waals surface area contributed by atoms with Gasteiger partial charge < -0.3 is 19.9 Å². The Morgan fingerprint density at radius 2 is 2.13 bits per heavy atom. The summed E-state index contributed by atoms with van der Waals surface area (Å²) < 4.78 is 12.2. The summed E-state index contributed by atoms with van der Waals surface area (Å²) in [6.07, 6.45) is 1.65. The highest BCUT2D eigenvalue weighted by Gasteiger charge is 2.26. The first kappa shape index (κ1) is 15.9. The molecule has 1 aliphatic rings. The highest BCUT2D eigenvalue weighted by Crippen LogP contribution is 2.22. The molecule has 2 aromatic rings. The topological polar surface area (TPSA) is 99.4 Å². The average Bonchev–Trinajstić information content (AvgIpc) is 3.13. The number of hydrogen-bond donors (Lipinski definition) is 1. The molecule has 2 N–H and O–H groups in total. The minimum atomic E-state index is 0.0412. The predicted octanol–water partition coefficient (Wildman–Crippen LogP) is 0.980. The lowest BCUT2D eigenvalue weighted by molar-refractivity contribution is -0.140. The van der Waals surface area contributed by atoms with Gasteiger partial charge in [-0.15, -0.1) is 10.2 Å². The van der Waals surface area contributed by atoms with Crippen LogP contribution in [0.1, 0.15) is 13.8 Å². The molecule has 3 heterocycles. The van der Waals surface area contributed by atoms with Crippen LogP contribution in [0.25, 0.3) is 11.6 Å². The van der Waals surface area contributed by atoms with Crippen molar-refractivity contribution in [2.75, 3.05) is 24.7 Å². The zero-order chi connectivity index (χ0) is 16.4. The lowest BCUT2D eigenvalue weighted by Gasteiger charge is -2.35. The summed E-state index contributed by atoms with van der Waals surface area (Å²) >= 11 is 1.26. The van der Waals surface area contributed by atoms with Gasteiger partial charge in [0.1, 0.15) is 0 Å². The van der Waals surface area contributed by atoms with Crippen molar-refractivity contribution in [1.29, 1.82) is 0 Å². The maximum Gasteiger partial charge on any atom is 0.233 e. The second kappa shape index (κ2) is 6.63. The zero-order valence-electron chi connectivity index (χ0n) is 13.0. The van der Waals surface area contributed by atoms with Gasteiger partial charge in [-0.05, 0) is 26.0 Å². The second-order valence-corrected chi connectivity index (χ2v) is 6.44. The molecule has 23 heavy (non-hydrogen) atoms. The Kier molecular flexibility index (Phi) is 4.58. The molecule has 0 aliphatic carbocycles. The van der Waals surface area contributed by atoms with Crippen LogP contribution in [0.15, 0.2) is 28.0 Å². The number of ether oxygens (including phenoxy) is 1. The maximum atomic E-state index is 12.3. The van der Waals surface area contributed by atoms with E-state index in [9.17, 15) is 4.79 Å². The molecule has 2 aromatic heterocycles. The summed E-state index contributed by atoms with van der Waals surface area (Å²) in [5.74, 6) is 7.23. The molecule has 0 spiro atoms. The maximum absolute atomic E-state index is 12.3. The number of carbonyl (C=O) groups is 1. The van der Waals surface area contributed by atoms with Gasteiger partial charge in [0.2, 0.25) is 16.9 Å². The molecule has 1 fully saturated rings. The molecule has 1 aliphatic heterocycles. The van der Waals surface area contributed by atoms with Crippen molar-refractivity contribution in [3.63, 3.8) is 0 Å². The molecule has 1 saturated heterocycles. The van der Waals surface area contributed by atoms with Crippen LogP contribution in [-0.4, -0.2) is 56.7 Å². The Morgan fingerprint density at radius 1 is 1.39 bits per heavy atom. The highest BCUT2D eigenvalue weighted by atomic mass is 32.2. The molecule has 124 valence electrons. The van der Waals surface area contributed by atoms with E-state index in [0.717, 1.165) is 0 Å². The van der Waals surface area contributed by atoms with Crippen molar-refractivity contribution in [3.8, 4) is 11.6 Å². The number of carbonyl (C=O) groups excluding carboxylic acids is 1. The van der Waals surface area contributed by atoms with Crippen molar-refractivity contribution < 1.29 is 13.9 Å². The largest absolute Gasteiger partial charge is 0.461 e. The van der Waals surface area contributed by atoms with Gasteiger partial charge in [-0.2, -0.15) is 0 Å². The number of hydrogen-bond acceptors (Lipinski definition) is 7. The summed E-state index contributed by atoms with van der Waals surface area (Å²) in [4.78, 5) is 14.2. The molecule has 8 nitrogen and oxygen atoms in total. The third-order valence-corrected chi connectivity index (χ3v) is 4.43. The van der Waals surface area contributed by atoms with Gasteiger partial charge in [-0.1, -0.05) is 11.8 Å². The number of nitrogen functional groups attached to an aromatic ring is 1. The summed E-state index contributed by atoms with van der Waals surface area (Å²) in [5, 5.41) is 8.49.